The van der Waals surface area contributed by atoms with Crippen LogP contribution in [0.4, 0.5) is 20.3 Å². The van der Waals surface area contributed by atoms with Gasteiger partial charge in [-0.05, 0) is 88.8 Å². The second-order valence-electron chi connectivity index (χ2n) is 17.8. The second kappa shape index (κ2) is 15.7. The molecule has 14 nitrogen and oxygen atoms in total. The van der Waals surface area contributed by atoms with Gasteiger partial charge in [-0.3, -0.25) is 29.7 Å². The fourth-order valence-corrected chi connectivity index (χ4v) is 9.80. The molecule has 3 saturated heterocycles. The number of piperazine rings is 1. The van der Waals surface area contributed by atoms with Gasteiger partial charge in [0.1, 0.15) is 29.5 Å². The quantitative estimate of drug-likeness (QED) is 0.199. The number of benzene rings is 2. The van der Waals surface area contributed by atoms with Crippen molar-refractivity contribution in [3.8, 4) is 17.1 Å². The second-order valence-corrected chi connectivity index (χ2v) is 17.8. The summed E-state index contributed by atoms with van der Waals surface area (Å²) < 4.78 is 43.4. The van der Waals surface area contributed by atoms with Crippen LogP contribution in [0.1, 0.15) is 87.1 Å². The molecule has 0 radical (unpaired) electrons. The molecule has 60 heavy (non-hydrogen) atoms. The molecule has 4 aromatic rings. The summed E-state index contributed by atoms with van der Waals surface area (Å²) in [5.74, 6) is -0.316. The number of carbonyl (C=O) groups excluding carboxylic acids is 3. The fraction of sp³-hybridized carbons (Fsp3) is 0.545. The van der Waals surface area contributed by atoms with Gasteiger partial charge in [0.05, 0.1) is 35.7 Å². The first-order chi connectivity index (χ1) is 29.1. The Hall–Kier alpha value is -5.22. The van der Waals surface area contributed by atoms with E-state index in [2.05, 4.69) is 40.2 Å². The highest BCUT2D eigenvalue weighted by Crippen LogP contribution is 2.42. The van der Waals surface area contributed by atoms with Gasteiger partial charge in [-0.15, -0.1) is 0 Å². The first kappa shape index (κ1) is 38.9. The van der Waals surface area contributed by atoms with E-state index in [4.69, 9.17) is 9.47 Å². The monoisotopic (exact) mass is 823 g/mol. The highest BCUT2D eigenvalue weighted by molar-refractivity contribution is 6.05. The molecule has 10 rings (SSSR count). The van der Waals surface area contributed by atoms with E-state index < -0.39 is 23.6 Å². The predicted molar refractivity (Wildman–Crippen MR) is 219 cm³/mol. The van der Waals surface area contributed by atoms with Crippen LogP contribution in [0.25, 0.3) is 22.3 Å². The molecule has 3 amide bonds. The molecule has 16 heteroatoms. The highest BCUT2D eigenvalue weighted by atomic mass is 19.1. The highest BCUT2D eigenvalue weighted by Gasteiger charge is 2.42. The average molecular weight is 824 g/mol. The summed E-state index contributed by atoms with van der Waals surface area (Å²) in [7, 11) is 0. The van der Waals surface area contributed by atoms with Gasteiger partial charge in [0.15, 0.2) is 17.4 Å². The van der Waals surface area contributed by atoms with Crippen LogP contribution in [-0.4, -0.2) is 117 Å². The lowest BCUT2D eigenvalue weighted by Gasteiger charge is -2.40. The molecule has 6 aliphatic rings. The third-order valence-electron chi connectivity index (χ3n) is 13.6. The van der Waals surface area contributed by atoms with Crippen molar-refractivity contribution in [2.24, 2.45) is 5.92 Å². The molecule has 0 bridgehead atoms. The number of amides is 3. The van der Waals surface area contributed by atoms with E-state index in [-0.39, 0.29) is 54.8 Å². The van der Waals surface area contributed by atoms with Crippen LogP contribution in [0.3, 0.4) is 0 Å². The summed E-state index contributed by atoms with van der Waals surface area (Å²) in [6.45, 7) is 7.80. The molecule has 0 spiro atoms. The van der Waals surface area contributed by atoms with Crippen molar-refractivity contribution >= 4 is 40.1 Å². The van der Waals surface area contributed by atoms with Crippen molar-refractivity contribution in [2.75, 3.05) is 55.6 Å². The van der Waals surface area contributed by atoms with Gasteiger partial charge in [0, 0.05) is 80.9 Å². The van der Waals surface area contributed by atoms with E-state index in [0.717, 1.165) is 95.3 Å². The first-order valence-corrected chi connectivity index (χ1v) is 21.6. The number of ether oxygens (including phenoxy) is 2. The molecule has 2 aliphatic carbocycles. The normalized spacial score (nSPS) is 24.9. The van der Waals surface area contributed by atoms with Gasteiger partial charge in [-0.25, -0.2) is 18.7 Å². The lowest BCUT2D eigenvalue weighted by Crippen LogP contribution is -2.52. The third kappa shape index (κ3) is 7.68. The number of piperidine rings is 2. The van der Waals surface area contributed by atoms with Crippen molar-refractivity contribution in [3.63, 3.8) is 0 Å². The number of anilines is 2. The summed E-state index contributed by atoms with van der Waals surface area (Å²) in [5, 5.41) is 10.5. The van der Waals surface area contributed by atoms with Crippen molar-refractivity contribution in [1.29, 1.82) is 0 Å². The summed E-state index contributed by atoms with van der Waals surface area (Å²) in [5.41, 5.74) is 2.74. The summed E-state index contributed by atoms with van der Waals surface area (Å²) in [4.78, 5) is 54.6. The Morgan fingerprint density at radius 1 is 0.867 bits per heavy atom. The summed E-state index contributed by atoms with van der Waals surface area (Å²) >= 11 is 0. The van der Waals surface area contributed by atoms with Gasteiger partial charge in [-0.2, -0.15) is 5.10 Å². The van der Waals surface area contributed by atoms with Crippen molar-refractivity contribution in [2.45, 2.75) is 102 Å². The minimum Gasteiger partial charge on any atom is -0.484 e. The fourth-order valence-electron chi connectivity index (χ4n) is 9.80. The molecule has 2 N–H and O–H groups in total. The van der Waals surface area contributed by atoms with E-state index >= 15 is 4.39 Å². The molecule has 1 unspecified atom stereocenters. The number of carbonyl (C=O) groups is 3. The zero-order valence-corrected chi connectivity index (χ0v) is 33.9. The number of hydrogen-bond donors (Lipinski definition) is 2. The van der Waals surface area contributed by atoms with Gasteiger partial charge >= 0.3 is 0 Å². The maximum absolute atomic E-state index is 15.9. The van der Waals surface area contributed by atoms with Gasteiger partial charge in [0.2, 0.25) is 11.8 Å². The number of fused-ring (bicyclic) bond motifs is 2. The Bertz CT molecular complexity index is 2310. The molecule has 6 heterocycles. The van der Waals surface area contributed by atoms with Crippen LogP contribution in [0.2, 0.25) is 0 Å². The SMILES string of the molecule is CC1(Oc2cc3c(-c4cc(N5CCC(OC6CCC(CN7CCN(c8ccc9c(c8F)CN(C8CCC(=O)NC8=O)C9=O)CC7)CC6)CC5)ncn4)n[nH]c3cc2F)CC1. The number of halogens is 2. The van der Waals surface area contributed by atoms with Gasteiger partial charge < -0.3 is 24.2 Å². The number of H-pyrrole nitrogens is 1. The number of imide groups is 1. The van der Waals surface area contributed by atoms with E-state index in [1.165, 1.54) is 11.0 Å². The lowest BCUT2D eigenvalue weighted by molar-refractivity contribution is -0.136. The standard InChI is InChI=1S/C44H51F2N9O5/c1-44(12-13-44)60-37-20-30-33(21-32(37)45)50-51-41(30)34-22-38(48-25-47-34)54-14-10-28(11-15-54)59-27-4-2-26(3-5-27)23-52-16-18-53(19-17-52)35-7-6-29-31(40(35)46)24-55(43(29)58)36-8-9-39(56)49-42(36)57/h6-7,20-22,25-28,36H,2-5,8-19,23-24H2,1H3,(H,50,51)(H,49,56,57). The number of aromatic nitrogens is 4. The molecule has 1 atom stereocenters. The Kier molecular flexibility index (Phi) is 10.2. The Balaban J connectivity index is 0.671. The van der Waals surface area contributed by atoms with E-state index in [1.54, 1.807) is 24.5 Å². The van der Waals surface area contributed by atoms with Crippen molar-refractivity contribution in [1.82, 2.24) is 35.3 Å². The van der Waals surface area contributed by atoms with E-state index in [0.29, 0.717) is 52.7 Å². The molecule has 2 saturated carbocycles. The lowest BCUT2D eigenvalue weighted by atomic mass is 9.86. The predicted octanol–water partition coefficient (Wildman–Crippen LogP) is 5.36. The molecule has 5 fully saturated rings. The molecule has 2 aromatic carbocycles. The average Bonchev–Trinajstić information content (AvgIpc) is 3.69. The van der Waals surface area contributed by atoms with E-state index in [9.17, 15) is 18.8 Å². The number of nitrogens with zero attached hydrogens (tertiary/aromatic N) is 7. The van der Waals surface area contributed by atoms with Crippen LogP contribution in [0.5, 0.6) is 5.75 Å². The largest absolute Gasteiger partial charge is 0.484 e. The minimum absolute atomic E-state index is 0.0312. The van der Waals surface area contributed by atoms with Gasteiger partial charge in [-0.1, -0.05) is 0 Å². The molecule has 2 aromatic heterocycles. The number of rotatable bonds is 10. The number of aromatic amines is 1. The van der Waals surface area contributed by atoms with Crippen LogP contribution in [0.15, 0.2) is 36.7 Å². The smallest absolute Gasteiger partial charge is 0.255 e. The topological polar surface area (TPSA) is 149 Å². The summed E-state index contributed by atoms with van der Waals surface area (Å²) in [6, 6.07) is 7.73. The van der Waals surface area contributed by atoms with Crippen LogP contribution < -0.4 is 19.9 Å². The van der Waals surface area contributed by atoms with E-state index in [1.807, 2.05) is 13.0 Å². The van der Waals surface area contributed by atoms with Crippen molar-refractivity contribution in [3.05, 3.63) is 59.4 Å². The Morgan fingerprint density at radius 3 is 2.38 bits per heavy atom. The zero-order valence-electron chi connectivity index (χ0n) is 33.9. The molecule has 4 aliphatic heterocycles. The molecule has 316 valence electrons. The third-order valence-corrected chi connectivity index (χ3v) is 13.6. The molecular formula is C44H51F2N9O5. The summed E-state index contributed by atoms with van der Waals surface area (Å²) in [6.07, 6.45) is 10.5. The van der Waals surface area contributed by atoms with Gasteiger partial charge in [0.25, 0.3) is 5.91 Å². The Morgan fingerprint density at radius 2 is 1.63 bits per heavy atom. The van der Waals surface area contributed by atoms with Crippen LogP contribution >= 0.6 is 0 Å². The zero-order chi connectivity index (χ0) is 41.1. The Labute approximate surface area is 347 Å². The van der Waals surface area contributed by atoms with Crippen LogP contribution in [0, 0.1) is 17.6 Å². The van der Waals surface area contributed by atoms with Crippen molar-refractivity contribution < 1.29 is 32.6 Å². The number of nitrogens with one attached hydrogen (secondary N) is 2. The maximum atomic E-state index is 15.9. The number of hydrogen-bond acceptors (Lipinski definition) is 11. The molecular weight excluding hydrogens is 773 g/mol. The van der Waals surface area contributed by atoms with Crippen LogP contribution in [-0.2, 0) is 20.9 Å². The maximum Gasteiger partial charge on any atom is 0.255 e. The first-order valence-electron chi connectivity index (χ1n) is 21.6. The minimum atomic E-state index is -0.766.